The van der Waals surface area contributed by atoms with Crippen molar-refractivity contribution < 1.29 is 47.6 Å². The number of hydrogen-bond donors (Lipinski definition) is 2. The van der Waals surface area contributed by atoms with E-state index in [1.165, 1.54) is 36.4 Å². The molecule has 0 aliphatic carbocycles. The summed E-state index contributed by atoms with van der Waals surface area (Å²) in [7, 11) is 0. The molecule has 4 rings (SSSR count). The average Bonchev–Trinajstić information content (AvgIpc) is 2.89. The third-order valence-electron chi connectivity index (χ3n) is 5.46. The van der Waals surface area contributed by atoms with Crippen LogP contribution in [-0.4, -0.2) is 47.4 Å². The largest absolute Gasteiger partial charge is 0.489 e. The molecule has 0 radical (unpaired) electrons. The van der Waals surface area contributed by atoms with Crippen molar-refractivity contribution in [1.82, 2.24) is 0 Å². The zero-order valence-electron chi connectivity index (χ0n) is 20.7. The summed E-state index contributed by atoms with van der Waals surface area (Å²) in [6.07, 6.45) is -1.01. The highest BCUT2D eigenvalue weighted by molar-refractivity contribution is 5.90. The Labute approximate surface area is 218 Å². The van der Waals surface area contributed by atoms with Gasteiger partial charge in [0, 0.05) is 12.1 Å². The monoisotopic (exact) mass is 538 g/mol. The van der Waals surface area contributed by atoms with E-state index in [9.17, 15) is 24.0 Å². The Morgan fingerprint density at radius 2 is 1.21 bits per heavy atom. The van der Waals surface area contributed by atoms with E-state index in [0.717, 1.165) is 12.1 Å². The molecule has 0 unspecified atom stereocenters. The normalized spacial score (nSPS) is 11.2. The Bertz CT molecular complexity index is 1580. The minimum absolute atomic E-state index is 0.00162. The van der Waals surface area contributed by atoms with Gasteiger partial charge in [0.25, 0.3) is 0 Å². The van der Waals surface area contributed by atoms with Gasteiger partial charge in [-0.3, -0.25) is 14.4 Å². The van der Waals surface area contributed by atoms with Crippen LogP contribution in [0.5, 0.6) is 11.5 Å². The van der Waals surface area contributed by atoms with Crippen molar-refractivity contribution in [1.29, 1.82) is 0 Å². The zero-order chi connectivity index (χ0) is 28.3. The summed E-state index contributed by atoms with van der Waals surface area (Å²) < 4.78 is 27.6. The number of carboxylic acids is 2. The van der Waals surface area contributed by atoms with Crippen molar-refractivity contribution in [2.24, 2.45) is 5.92 Å². The Hall–Kier alpha value is -5.13. The van der Waals surface area contributed by atoms with Crippen molar-refractivity contribution >= 4 is 39.8 Å². The van der Waals surface area contributed by atoms with E-state index in [-0.39, 0.29) is 46.7 Å². The number of fused-ring (bicyclic) bond motifs is 2. The average molecular weight is 538 g/mol. The smallest absolute Gasteiger partial charge is 0.371 e. The predicted molar refractivity (Wildman–Crippen MR) is 135 cm³/mol. The molecule has 2 aromatic carbocycles. The van der Waals surface area contributed by atoms with Crippen LogP contribution in [0.3, 0.4) is 0 Å². The number of carboxylic acid groups (broad SMARTS) is 2. The van der Waals surface area contributed by atoms with E-state index in [1.807, 2.05) is 0 Å². The van der Waals surface area contributed by atoms with Gasteiger partial charge in [0.15, 0.2) is 17.0 Å². The molecule has 2 heterocycles. The van der Waals surface area contributed by atoms with Crippen LogP contribution in [0.2, 0.25) is 0 Å². The van der Waals surface area contributed by atoms with Crippen LogP contribution in [0.1, 0.15) is 35.0 Å². The van der Waals surface area contributed by atoms with Crippen LogP contribution in [0.25, 0.3) is 21.9 Å². The molecule has 0 amide bonds. The molecule has 4 aromatic rings. The van der Waals surface area contributed by atoms with Crippen LogP contribution >= 0.6 is 0 Å². The molecule has 0 aliphatic heterocycles. The number of rotatable bonds is 10. The van der Waals surface area contributed by atoms with Gasteiger partial charge in [0.2, 0.25) is 11.5 Å². The first-order valence-electron chi connectivity index (χ1n) is 11.6. The van der Waals surface area contributed by atoms with Crippen molar-refractivity contribution in [2.45, 2.75) is 20.0 Å². The van der Waals surface area contributed by atoms with E-state index in [0.29, 0.717) is 0 Å². The molecule has 0 spiro atoms. The molecular weight excluding hydrogens is 516 g/mol. The van der Waals surface area contributed by atoms with Crippen LogP contribution in [-0.2, 0) is 9.53 Å². The van der Waals surface area contributed by atoms with Crippen molar-refractivity contribution in [3.8, 4) is 11.5 Å². The Morgan fingerprint density at radius 1 is 0.769 bits per heavy atom. The summed E-state index contributed by atoms with van der Waals surface area (Å²) in [4.78, 5) is 59.9. The van der Waals surface area contributed by atoms with Crippen LogP contribution in [0.4, 0.5) is 0 Å². The maximum Gasteiger partial charge on any atom is 0.371 e. The molecule has 0 atom stereocenters. The second-order valence-corrected chi connectivity index (χ2v) is 8.65. The minimum Gasteiger partial charge on any atom is -0.489 e. The van der Waals surface area contributed by atoms with E-state index >= 15 is 0 Å². The third-order valence-corrected chi connectivity index (χ3v) is 5.46. The summed E-state index contributed by atoms with van der Waals surface area (Å²) in [5, 5.41) is 18.3. The van der Waals surface area contributed by atoms with Crippen LogP contribution in [0, 0.1) is 5.92 Å². The van der Waals surface area contributed by atoms with Gasteiger partial charge in [-0.1, -0.05) is 26.0 Å². The summed E-state index contributed by atoms with van der Waals surface area (Å²) in [6, 6.07) is 10.4. The van der Waals surface area contributed by atoms with E-state index < -0.39 is 52.3 Å². The van der Waals surface area contributed by atoms with Gasteiger partial charge >= 0.3 is 17.9 Å². The molecule has 0 aliphatic rings. The molecule has 0 saturated heterocycles. The molecule has 202 valence electrons. The minimum atomic E-state index is -1.40. The molecule has 0 bridgehead atoms. The highest BCUT2D eigenvalue weighted by Crippen LogP contribution is 2.26. The summed E-state index contributed by atoms with van der Waals surface area (Å²) in [5.41, 5.74) is -1.29. The standard InChI is InChI=1S/C27H22O12/c1-13(2)27(34)37-14(11-35-17-5-3-7-19-23(17)15(28)9-21(38-19)25(30)31)12-36-18-6-4-8-20-24(18)16(29)10-22(39-20)26(32)33/h3-10,13-14H,11-12H2,1-2H3,(H,30,31)(H,32,33). The number of esters is 1. The highest BCUT2D eigenvalue weighted by Gasteiger charge is 2.22. The first kappa shape index (κ1) is 26.9. The van der Waals surface area contributed by atoms with Crippen molar-refractivity contribution in [3.05, 3.63) is 80.5 Å². The number of aromatic carboxylic acids is 2. The molecule has 39 heavy (non-hydrogen) atoms. The number of carbonyl (C=O) groups is 3. The van der Waals surface area contributed by atoms with Crippen LogP contribution in [0.15, 0.2) is 67.0 Å². The zero-order valence-corrected chi connectivity index (χ0v) is 20.7. The Morgan fingerprint density at radius 3 is 1.59 bits per heavy atom. The topological polar surface area (TPSA) is 180 Å². The summed E-state index contributed by atoms with van der Waals surface area (Å²) >= 11 is 0. The Kier molecular flexibility index (Phi) is 7.65. The number of carbonyl (C=O) groups excluding carboxylic acids is 1. The van der Waals surface area contributed by atoms with Gasteiger partial charge < -0.3 is 33.3 Å². The Balaban J connectivity index is 1.60. The molecule has 0 fully saturated rings. The van der Waals surface area contributed by atoms with Gasteiger partial charge in [-0.15, -0.1) is 0 Å². The number of hydrogen-bond acceptors (Lipinski definition) is 10. The fourth-order valence-corrected chi connectivity index (χ4v) is 3.59. The fraction of sp³-hybridized carbons (Fsp3) is 0.222. The van der Waals surface area contributed by atoms with Gasteiger partial charge in [-0.05, 0) is 24.3 Å². The third kappa shape index (κ3) is 5.90. The maximum atomic E-state index is 12.6. The van der Waals surface area contributed by atoms with Crippen molar-refractivity contribution in [3.63, 3.8) is 0 Å². The van der Waals surface area contributed by atoms with Crippen molar-refractivity contribution in [2.75, 3.05) is 13.2 Å². The SMILES string of the molecule is CC(C)C(=O)OC(COc1cccc2oc(C(=O)O)cc(=O)c12)COc1cccc2oc(C(=O)O)cc(=O)c12. The molecule has 2 aromatic heterocycles. The van der Waals surface area contributed by atoms with E-state index in [1.54, 1.807) is 13.8 Å². The molecule has 12 nitrogen and oxygen atoms in total. The highest BCUT2D eigenvalue weighted by atomic mass is 16.6. The number of ether oxygens (including phenoxy) is 3. The molecule has 2 N–H and O–H groups in total. The maximum absolute atomic E-state index is 12.6. The molecule has 0 saturated carbocycles. The molecular formula is C27H22O12. The molecule has 12 heteroatoms. The first-order chi connectivity index (χ1) is 18.5. The second-order valence-electron chi connectivity index (χ2n) is 8.65. The summed E-state index contributed by atoms with van der Waals surface area (Å²) in [6.45, 7) is 2.71. The predicted octanol–water partition coefficient (Wildman–Crippen LogP) is 3.32. The van der Waals surface area contributed by atoms with Gasteiger partial charge in [-0.2, -0.15) is 0 Å². The lowest BCUT2D eigenvalue weighted by Crippen LogP contribution is -2.32. The van der Waals surface area contributed by atoms with Gasteiger partial charge in [0.1, 0.15) is 46.7 Å². The van der Waals surface area contributed by atoms with Crippen LogP contribution < -0.4 is 20.3 Å². The quantitative estimate of drug-likeness (QED) is 0.282. The lowest BCUT2D eigenvalue weighted by molar-refractivity contribution is -0.156. The fourth-order valence-electron chi connectivity index (χ4n) is 3.59. The van der Waals surface area contributed by atoms with E-state index in [2.05, 4.69) is 0 Å². The summed E-state index contributed by atoms with van der Waals surface area (Å²) in [5.74, 6) is -4.77. The lowest BCUT2D eigenvalue weighted by atomic mass is 10.2. The first-order valence-corrected chi connectivity index (χ1v) is 11.6. The lowest BCUT2D eigenvalue weighted by Gasteiger charge is -2.21. The van der Waals surface area contributed by atoms with Gasteiger partial charge in [0.05, 0.1) is 5.92 Å². The second kappa shape index (κ2) is 11.1. The van der Waals surface area contributed by atoms with Gasteiger partial charge in [-0.25, -0.2) is 9.59 Å². The number of benzene rings is 2. The van der Waals surface area contributed by atoms with E-state index in [4.69, 9.17) is 33.3 Å².